The van der Waals surface area contributed by atoms with Gasteiger partial charge in [0.1, 0.15) is 0 Å². The van der Waals surface area contributed by atoms with Crippen molar-refractivity contribution in [3.63, 3.8) is 0 Å². The van der Waals surface area contributed by atoms with E-state index in [-0.39, 0.29) is 0 Å². The van der Waals surface area contributed by atoms with Gasteiger partial charge in [0.15, 0.2) is 0 Å². The molecule has 0 saturated carbocycles. The quantitative estimate of drug-likeness (QED) is 0.821. The van der Waals surface area contributed by atoms with Crippen molar-refractivity contribution in [1.29, 1.82) is 0 Å². The van der Waals surface area contributed by atoms with E-state index in [0.29, 0.717) is 5.56 Å². The molecule has 0 bridgehead atoms. The van der Waals surface area contributed by atoms with E-state index < -0.39 is 5.97 Å². The Labute approximate surface area is 143 Å². The van der Waals surface area contributed by atoms with Gasteiger partial charge in [-0.3, -0.25) is 4.90 Å². The van der Waals surface area contributed by atoms with Crippen molar-refractivity contribution in [3.8, 4) is 0 Å². The molecule has 3 rings (SSSR count). The average molecular weight is 324 g/mol. The predicted molar refractivity (Wildman–Crippen MR) is 94.9 cm³/mol. The molecule has 126 valence electrons. The fourth-order valence-corrected chi connectivity index (χ4v) is 3.08. The number of nitrogens with one attached hydrogen (secondary N) is 1. The smallest absolute Gasteiger partial charge is 0.335 e. The van der Waals surface area contributed by atoms with Gasteiger partial charge in [-0.25, -0.2) is 4.79 Å². The summed E-state index contributed by atoms with van der Waals surface area (Å²) in [5, 5.41) is 12.3. The maximum Gasteiger partial charge on any atom is 0.335 e. The summed E-state index contributed by atoms with van der Waals surface area (Å²) in [4.78, 5) is 13.3. The third-order valence-corrected chi connectivity index (χ3v) is 4.49. The van der Waals surface area contributed by atoms with E-state index in [9.17, 15) is 4.79 Å². The number of carboxylic acid groups (broad SMARTS) is 1. The van der Waals surface area contributed by atoms with Gasteiger partial charge in [0.2, 0.25) is 0 Å². The van der Waals surface area contributed by atoms with Crippen LogP contribution in [-0.2, 0) is 19.6 Å². The Hall–Kier alpha value is -2.17. The van der Waals surface area contributed by atoms with E-state index in [4.69, 9.17) is 5.11 Å². The Morgan fingerprint density at radius 1 is 0.875 bits per heavy atom. The van der Waals surface area contributed by atoms with Crippen molar-refractivity contribution < 1.29 is 9.90 Å². The van der Waals surface area contributed by atoms with Crippen molar-refractivity contribution in [2.45, 2.75) is 32.5 Å². The molecule has 2 aromatic rings. The molecule has 0 unspecified atom stereocenters. The van der Waals surface area contributed by atoms with Gasteiger partial charge in [-0.05, 0) is 54.8 Å². The lowest BCUT2D eigenvalue weighted by molar-refractivity contribution is 0.0697. The van der Waals surface area contributed by atoms with Gasteiger partial charge < -0.3 is 10.4 Å². The minimum Gasteiger partial charge on any atom is -0.478 e. The van der Waals surface area contributed by atoms with Gasteiger partial charge >= 0.3 is 5.97 Å². The van der Waals surface area contributed by atoms with E-state index in [1.165, 1.54) is 37.1 Å². The summed E-state index contributed by atoms with van der Waals surface area (Å²) < 4.78 is 0. The van der Waals surface area contributed by atoms with E-state index in [1.54, 1.807) is 12.1 Å². The summed E-state index contributed by atoms with van der Waals surface area (Å²) in [5.41, 5.74) is 4.06. The molecule has 1 fully saturated rings. The first kappa shape index (κ1) is 16.7. The van der Waals surface area contributed by atoms with Gasteiger partial charge in [-0.2, -0.15) is 0 Å². The van der Waals surface area contributed by atoms with Crippen LogP contribution >= 0.6 is 0 Å². The van der Waals surface area contributed by atoms with Crippen LogP contribution in [0.15, 0.2) is 48.5 Å². The van der Waals surface area contributed by atoms with Crippen LogP contribution in [0.2, 0.25) is 0 Å². The number of nitrogens with zero attached hydrogens (tertiary/aromatic N) is 1. The van der Waals surface area contributed by atoms with Crippen molar-refractivity contribution in [3.05, 3.63) is 70.8 Å². The zero-order valence-corrected chi connectivity index (χ0v) is 13.9. The number of hydrogen-bond donors (Lipinski definition) is 2. The minimum atomic E-state index is -0.886. The molecule has 1 heterocycles. The fraction of sp³-hybridized carbons (Fsp3) is 0.350. The number of benzene rings is 2. The fourth-order valence-electron chi connectivity index (χ4n) is 3.08. The molecule has 1 aliphatic rings. The van der Waals surface area contributed by atoms with E-state index >= 15 is 0 Å². The van der Waals surface area contributed by atoms with E-state index in [2.05, 4.69) is 34.5 Å². The molecule has 2 N–H and O–H groups in total. The van der Waals surface area contributed by atoms with Gasteiger partial charge in [-0.1, -0.05) is 36.4 Å². The Morgan fingerprint density at radius 2 is 1.38 bits per heavy atom. The summed E-state index contributed by atoms with van der Waals surface area (Å²) >= 11 is 0. The van der Waals surface area contributed by atoms with Crippen LogP contribution in [-0.4, -0.2) is 29.1 Å². The highest BCUT2D eigenvalue weighted by atomic mass is 16.4. The number of rotatable bonds is 7. The highest BCUT2D eigenvalue weighted by Gasteiger charge is 2.11. The van der Waals surface area contributed by atoms with Crippen LogP contribution < -0.4 is 5.32 Å². The zero-order chi connectivity index (χ0) is 16.8. The van der Waals surface area contributed by atoms with Crippen LogP contribution in [0, 0.1) is 0 Å². The number of hydrogen-bond acceptors (Lipinski definition) is 3. The lowest BCUT2D eigenvalue weighted by Crippen LogP contribution is -2.18. The molecule has 2 aromatic carbocycles. The topological polar surface area (TPSA) is 52.6 Å². The Kier molecular flexibility index (Phi) is 5.62. The molecule has 0 aliphatic carbocycles. The summed E-state index contributed by atoms with van der Waals surface area (Å²) in [6.45, 7) is 5.05. The van der Waals surface area contributed by atoms with E-state index in [1.807, 2.05) is 12.1 Å². The van der Waals surface area contributed by atoms with Crippen LogP contribution in [0.4, 0.5) is 0 Å². The third-order valence-electron chi connectivity index (χ3n) is 4.49. The lowest BCUT2D eigenvalue weighted by atomic mass is 10.1. The third kappa shape index (κ3) is 4.66. The minimum absolute atomic E-state index is 0.326. The van der Waals surface area contributed by atoms with Crippen molar-refractivity contribution in [1.82, 2.24) is 10.2 Å². The SMILES string of the molecule is O=C(O)c1ccc(CNCc2ccc(CN3CCCC3)cc2)cc1. The normalized spacial score (nSPS) is 14.8. The molecular formula is C20H24N2O2. The number of carboxylic acids is 1. The van der Waals surface area contributed by atoms with Crippen molar-refractivity contribution >= 4 is 5.97 Å². The summed E-state index contributed by atoms with van der Waals surface area (Å²) in [7, 11) is 0. The average Bonchev–Trinajstić information content (AvgIpc) is 3.10. The Balaban J connectivity index is 1.45. The first-order chi connectivity index (χ1) is 11.7. The molecule has 0 atom stereocenters. The maximum absolute atomic E-state index is 10.8. The first-order valence-electron chi connectivity index (χ1n) is 8.54. The molecule has 4 heteroatoms. The lowest BCUT2D eigenvalue weighted by Gasteiger charge is -2.14. The maximum atomic E-state index is 10.8. The summed E-state index contributed by atoms with van der Waals surface area (Å²) in [6, 6.07) is 15.8. The highest BCUT2D eigenvalue weighted by Crippen LogP contribution is 2.13. The van der Waals surface area contributed by atoms with Gasteiger partial charge in [0.05, 0.1) is 5.56 Å². The number of carbonyl (C=O) groups is 1. The second kappa shape index (κ2) is 8.08. The Bertz CT molecular complexity index is 659. The summed E-state index contributed by atoms with van der Waals surface area (Å²) in [6.07, 6.45) is 2.66. The molecule has 24 heavy (non-hydrogen) atoms. The second-order valence-electron chi connectivity index (χ2n) is 6.41. The Morgan fingerprint density at radius 3 is 1.92 bits per heavy atom. The van der Waals surface area contributed by atoms with Crippen molar-refractivity contribution in [2.75, 3.05) is 13.1 Å². The molecule has 1 saturated heterocycles. The van der Waals surface area contributed by atoms with E-state index in [0.717, 1.165) is 25.2 Å². The largest absolute Gasteiger partial charge is 0.478 e. The molecule has 0 aromatic heterocycles. The monoisotopic (exact) mass is 324 g/mol. The molecule has 4 nitrogen and oxygen atoms in total. The highest BCUT2D eigenvalue weighted by molar-refractivity contribution is 5.87. The molecule has 0 spiro atoms. The van der Waals surface area contributed by atoms with Crippen LogP contribution in [0.5, 0.6) is 0 Å². The first-order valence-corrected chi connectivity index (χ1v) is 8.54. The van der Waals surface area contributed by atoms with Gasteiger partial charge in [-0.15, -0.1) is 0 Å². The van der Waals surface area contributed by atoms with Gasteiger partial charge in [0, 0.05) is 19.6 Å². The molecule has 0 amide bonds. The van der Waals surface area contributed by atoms with Crippen molar-refractivity contribution in [2.24, 2.45) is 0 Å². The van der Waals surface area contributed by atoms with Crippen LogP contribution in [0.3, 0.4) is 0 Å². The molecule has 0 radical (unpaired) electrons. The standard InChI is InChI=1S/C20H24N2O2/c23-20(24)19-9-7-17(8-10-19)14-21-13-16-3-5-18(6-4-16)15-22-11-1-2-12-22/h3-10,21H,1-2,11-15H2,(H,23,24). The number of aromatic carboxylic acids is 1. The van der Waals surface area contributed by atoms with Gasteiger partial charge in [0.25, 0.3) is 0 Å². The molecule has 1 aliphatic heterocycles. The molecular weight excluding hydrogens is 300 g/mol. The summed E-state index contributed by atoms with van der Waals surface area (Å²) in [5.74, 6) is -0.886. The zero-order valence-electron chi connectivity index (χ0n) is 13.9. The van der Waals surface area contributed by atoms with Crippen LogP contribution in [0.25, 0.3) is 0 Å². The number of likely N-dealkylation sites (tertiary alicyclic amines) is 1. The predicted octanol–water partition coefficient (Wildman–Crippen LogP) is 3.27. The second-order valence-corrected chi connectivity index (χ2v) is 6.41. The van der Waals surface area contributed by atoms with Crippen LogP contribution in [0.1, 0.15) is 39.9 Å².